The number of hydrogen-bond acceptors (Lipinski definition) is 5. The van der Waals surface area contributed by atoms with E-state index in [0.717, 1.165) is 12.5 Å². The second kappa shape index (κ2) is 7.53. The number of rotatable bonds is 5. The van der Waals surface area contributed by atoms with Crippen molar-refractivity contribution >= 4 is 22.4 Å². The Balaban J connectivity index is 2.22. The first-order valence-corrected chi connectivity index (χ1v) is 8.33. The summed E-state index contributed by atoms with van der Waals surface area (Å²) in [4.78, 5) is 20.0. The maximum Gasteiger partial charge on any atom is 0.272 e. The van der Waals surface area contributed by atoms with Gasteiger partial charge in [0.1, 0.15) is 5.82 Å². The van der Waals surface area contributed by atoms with Gasteiger partial charge >= 0.3 is 0 Å². The smallest absolute Gasteiger partial charge is 0.272 e. The van der Waals surface area contributed by atoms with Crippen LogP contribution in [0.5, 0.6) is 5.88 Å². The number of benzene rings is 1. The highest BCUT2D eigenvalue weighted by molar-refractivity contribution is 6.09. The van der Waals surface area contributed by atoms with Gasteiger partial charge in [0.15, 0.2) is 5.69 Å². The fourth-order valence-corrected chi connectivity index (χ4v) is 2.83. The first kappa shape index (κ1) is 18.5. The molecule has 0 aliphatic carbocycles. The number of carbonyl (C=O) groups is 1. The molecule has 0 unspecified atom stereocenters. The van der Waals surface area contributed by atoms with Crippen LogP contribution in [0.25, 0.3) is 21.9 Å². The average molecular weight is 372 g/mol. The Hall–Kier alpha value is -3.29. The van der Waals surface area contributed by atoms with Crippen molar-refractivity contribution in [1.82, 2.24) is 15.3 Å². The molecule has 0 bridgehead atoms. The number of methoxy groups -OCH3 is 1. The number of aromatic nitrogens is 2. The number of hydrogen-bond donors (Lipinski definition) is 2. The van der Waals surface area contributed by atoms with Crippen molar-refractivity contribution in [3.8, 4) is 17.0 Å². The normalized spacial score (nSPS) is 10.8. The van der Waals surface area contributed by atoms with E-state index in [9.17, 15) is 13.6 Å². The predicted molar refractivity (Wildman–Crippen MR) is 98.5 cm³/mol. The van der Waals surface area contributed by atoms with Crippen molar-refractivity contribution < 1.29 is 18.3 Å². The second-order valence-electron chi connectivity index (χ2n) is 5.85. The average Bonchev–Trinajstić information content (AvgIpc) is 2.66. The lowest BCUT2D eigenvalue weighted by molar-refractivity contribution is 0.0950. The molecule has 8 heteroatoms. The van der Waals surface area contributed by atoms with E-state index in [0.29, 0.717) is 17.3 Å². The molecule has 0 spiro atoms. The van der Waals surface area contributed by atoms with Crippen LogP contribution in [-0.4, -0.2) is 29.5 Å². The van der Waals surface area contributed by atoms with E-state index in [1.165, 1.54) is 31.5 Å². The molecule has 0 aliphatic heterocycles. The number of nitrogens with two attached hydrogens (primary N) is 1. The van der Waals surface area contributed by atoms with Gasteiger partial charge in [0, 0.05) is 34.6 Å². The van der Waals surface area contributed by atoms with Crippen LogP contribution in [0, 0.1) is 11.8 Å². The van der Waals surface area contributed by atoms with Gasteiger partial charge in [0.25, 0.3) is 5.91 Å². The zero-order valence-electron chi connectivity index (χ0n) is 14.8. The van der Waals surface area contributed by atoms with Crippen LogP contribution < -0.4 is 15.8 Å². The number of nitrogens with zero attached hydrogens (tertiary/aromatic N) is 2. The molecule has 0 fully saturated rings. The molecule has 1 amide bonds. The van der Waals surface area contributed by atoms with Crippen LogP contribution in [-0.2, 0) is 0 Å². The molecule has 3 N–H and O–H groups in total. The highest BCUT2D eigenvalue weighted by Crippen LogP contribution is 2.38. The maximum atomic E-state index is 14.7. The molecule has 6 nitrogen and oxygen atoms in total. The number of ether oxygens (including phenoxy) is 1. The first-order valence-electron chi connectivity index (χ1n) is 8.33. The molecule has 0 radical (unpaired) electrons. The number of nitrogen functional groups attached to an aromatic ring is 1. The van der Waals surface area contributed by atoms with Gasteiger partial charge < -0.3 is 15.8 Å². The SMILES string of the molecule is CCCNC(=O)c1ncc2c(-c3ccc(F)nc3OC)c(F)ccc2c1N. The molecule has 1 aromatic carbocycles. The Bertz CT molecular complexity index is 1020. The summed E-state index contributed by atoms with van der Waals surface area (Å²) >= 11 is 0. The summed E-state index contributed by atoms with van der Waals surface area (Å²) in [5.41, 5.74) is 6.71. The summed E-state index contributed by atoms with van der Waals surface area (Å²) in [5.74, 6) is -1.78. The topological polar surface area (TPSA) is 90.1 Å². The fourth-order valence-electron chi connectivity index (χ4n) is 2.83. The summed E-state index contributed by atoms with van der Waals surface area (Å²) in [6.07, 6.45) is 2.14. The summed E-state index contributed by atoms with van der Waals surface area (Å²) in [7, 11) is 1.32. The lowest BCUT2D eigenvalue weighted by atomic mass is 9.98. The van der Waals surface area contributed by atoms with E-state index in [-0.39, 0.29) is 28.4 Å². The second-order valence-corrected chi connectivity index (χ2v) is 5.85. The number of pyridine rings is 2. The first-order chi connectivity index (χ1) is 13.0. The molecule has 0 saturated heterocycles. The van der Waals surface area contributed by atoms with Crippen molar-refractivity contribution in [2.24, 2.45) is 0 Å². The van der Waals surface area contributed by atoms with Gasteiger partial charge in [-0.2, -0.15) is 9.37 Å². The van der Waals surface area contributed by atoms with Crippen LogP contribution >= 0.6 is 0 Å². The Morgan fingerprint density at radius 2 is 2.00 bits per heavy atom. The molecular weight excluding hydrogens is 354 g/mol. The van der Waals surface area contributed by atoms with Crippen molar-refractivity contribution in [3.63, 3.8) is 0 Å². The Kier molecular flexibility index (Phi) is 5.16. The van der Waals surface area contributed by atoms with E-state index >= 15 is 0 Å². The van der Waals surface area contributed by atoms with Gasteiger partial charge in [0.05, 0.1) is 12.8 Å². The largest absolute Gasteiger partial charge is 0.480 e. The number of carbonyl (C=O) groups excluding carboxylic acids is 1. The van der Waals surface area contributed by atoms with Crippen LogP contribution in [0.2, 0.25) is 0 Å². The Morgan fingerprint density at radius 1 is 1.22 bits per heavy atom. The van der Waals surface area contributed by atoms with Gasteiger partial charge in [-0.1, -0.05) is 6.92 Å². The number of anilines is 1. The standard InChI is InChI=1S/C19H18F2N4O2/c1-3-8-23-18(26)17-16(22)10-4-6-13(20)15(12(10)9-24-17)11-5-7-14(21)25-19(11)27-2/h4-7,9H,3,8,22H2,1-2H3,(H,23,26). The zero-order chi connectivity index (χ0) is 19.6. The van der Waals surface area contributed by atoms with Gasteiger partial charge in [-0.3, -0.25) is 4.79 Å². The molecule has 3 aromatic rings. The highest BCUT2D eigenvalue weighted by Gasteiger charge is 2.20. The van der Waals surface area contributed by atoms with Crippen molar-refractivity contribution in [3.05, 3.63) is 47.9 Å². The zero-order valence-corrected chi connectivity index (χ0v) is 14.8. The number of nitrogens with one attached hydrogen (secondary N) is 1. The van der Waals surface area contributed by atoms with E-state index in [2.05, 4.69) is 15.3 Å². The quantitative estimate of drug-likeness (QED) is 0.671. The summed E-state index contributed by atoms with van der Waals surface area (Å²) in [6, 6.07) is 5.19. The molecule has 140 valence electrons. The molecule has 27 heavy (non-hydrogen) atoms. The van der Waals surface area contributed by atoms with E-state index in [4.69, 9.17) is 10.5 Å². The molecule has 0 atom stereocenters. The minimum Gasteiger partial charge on any atom is -0.480 e. The van der Waals surface area contributed by atoms with Crippen LogP contribution in [0.1, 0.15) is 23.8 Å². The number of amides is 1. The van der Waals surface area contributed by atoms with Crippen LogP contribution in [0.3, 0.4) is 0 Å². The molecule has 3 rings (SSSR count). The van der Waals surface area contributed by atoms with E-state index in [1.54, 1.807) is 0 Å². The number of halogens is 2. The molecule has 0 aliphatic rings. The van der Waals surface area contributed by atoms with Crippen molar-refractivity contribution in [1.29, 1.82) is 0 Å². The van der Waals surface area contributed by atoms with Gasteiger partial charge in [-0.05, 0) is 30.7 Å². The Labute approximate surface area is 154 Å². The lowest BCUT2D eigenvalue weighted by Gasteiger charge is -2.14. The minimum atomic E-state index is -0.747. The van der Waals surface area contributed by atoms with Crippen molar-refractivity contribution in [2.75, 3.05) is 19.4 Å². The molecular formula is C19H18F2N4O2. The summed E-state index contributed by atoms with van der Waals surface area (Å²) < 4.78 is 33.2. The third kappa shape index (κ3) is 3.38. The molecule has 2 aromatic heterocycles. The minimum absolute atomic E-state index is 0.0651. The summed E-state index contributed by atoms with van der Waals surface area (Å²) in [5, 5.41) is 3.53. The van der Waals surface area contributed by atoms with E-state index in [1.807, 2.05) is 6.92 Å². The lowest BCUT2D eigenvalue weighted by Crippen LogP contribution is -2.26. The van der Waals surface area contributed by atoms with Gasteiger partial charge in [0.2, 0.25) is 11.8 Å². The van der Waals surface area contributed by atoms with Gasteiger partial charge in [-0.25, -0.2) is 9.37 Å². The molecule has 0 saturated carbocycles. The Morgan fingerprint density at radius 3 is 2.70 bits per heavy atom. The third-order valence-corrected chi connectivity index (χ3v) is 4.10. The molecule has 2 heterocycles. The summed E-state index contributed by atoms with van der Waals surface area (Å²) in [6.45, 7) is 2.42. The van der Waals surface area contributed by atoms with Gasteiger partial charge in [-0.15, -0.1) is 0 Å². The third-order valence-electron chi connectivity index (χ3n) is 4.10. The van der Waals surface area contributed by atoms with Crippen LogP contribution in [0.15, 0.2) is 30.5 Å². The predicted octanol–water partition coefficient (Wildman–Crippen LogP) is 3.31. The van der Waals surface area contributed by atoms with Crippen LogP contribution in [0.4, 0.5) is 14.5 Å². The number of fused-ring (bicyclic) bond motifs is 1. The fraction of sp³-hybridized carbons (Fsp3) is 0.211. The highest BCUT2D eigenvalue weighted by atomic mass is 19.1. The van der Waals surface area contributed by atoms with E-state index < -0.39 is 17.7 Å². The van der Waals surface area contributed by atoms with Crippen molar-refractivity contribution in [2.45, 2.75) is 13.3 Å². The monoisotopic (exact) mass is 372 g/mol. The maximum absolute atomic E-state index is 14.7.